The molecule has 0 aliphatic heterocycles. The van der Waals surface area contributed by atoms with Crippen LogP contribution in [0.1, 0.15) is 9.67 Å². The van der Waals surface area contributed by atoms with Crippen molar-refractivity contribution in [1.29, 1.82) is 0 Å². The van der Waals surface area contributed by atoms with Crippen LogP contribution in [-0.4, -0.2) is 24.9 Å². The van der Waals surface area contributed by atoms with Gasteiger partial charge in [-0.1, -0.05) is 11.3 Å². The maximum Gasteiger partial charge on any atom is 0.534 e. The monoisotopic (exact) mass is 276 g/mol. The summed E-state index contributed by atoms with van der Waals surface area (Å²) in [6.45, 7) is 0. The fourth-order valence-corrected chi connectivity index (χ4v) is 1.74. The molecule has 0 spiro atoms. The van der Waals surface area contributed by atoms with Crippen molar-refractivity contribution < 1.29 is 35.7 Å². The van der Waals surface area contributed by atoms with Gasteiger partial charge in [0.15, 0.2) is 0 Å². The highest BCUT2D eigenvalue weighted by atomic mass is 32.2. The van der Waals surface area contributed by atoms with Crippen LogP contribution in [0.15, 0.2) is 6.20 Å². The third-order valence-corrected chi connectivity index (χ3v) is 3.06. The number of carboxylic acids is 1. The molecule has 0 aromatic carbocycles. The molecule has 1 aromatic rings. The molecule has 0 bridgehead atoms. The lowest BCUT2D eigenvalue weighted by molar-refractivity contribution is -0.254. The molecule has 0 atom stereocenters. The second-order valence-electron chi connectivity index (χ2n) is 2.26. The van der Waals surface area contributed by atoms with Crippen molar-refractivity contribution >= 4 is 27.4 Å². The van der Waals surface area contributed by atoms with Crippen LogP contribution in [0.4, 0.5) is 13.2 Å². The Morgan fingerprint density at radius 2 is 2.06 bits per heavy atom. The number of carboxylic acid groups (broad SMARTS) is 1. The van der Waals surface area contributed by atoms with Crippen LogP contribution < -0.4 is 9.29 Å². The summed E-state index contributed by atoms with van der Waals surface area (Å²) >= 11 is 0.109. The third kappa shape index (κ3) is 2.61. The lowest BCUT2D eigenvalue weighted by Gasteiger charge is -2.05. The van der Waals surface area contributed by atoms with Gasteiger partial charge in [-0.15, -0.1) is 0 Å². The Balaban J connectivity index is 2.94. The molecule has 1 heterocycles. The molecular weight excluding hydrogens is 275 g/mol. The Morgan fingerprint density at radius 3 is 2.44 bits per heavy atom. The summed E-state index contributed by atoms with van der Waals surface area (Å²) in [6.07, 6.45) is 0.626. The highest BCUT2D eigenvalue weighted by Crippen LogP contribution is 2.29. The van der Waals surface area contributed by atoms with Crippen LogP contribution in [0.2, 0.25) is 0 Å². The number of hydrogen-bond acceptors (Lipinski definition) is 7. The first kappa shape index (κ1) is 12.7. The quantitative estimate of drug-likeness (QED) is 0.557. The van der Waals surface area contributed by atoms with E-state index in [1.165, 1.54) is 0 Å². The maximum atomic E-state index is 11.8. The van der Waals surface area contributed by atoms with Crippen molar-refractivity contribution in [3.05, 3.63) is 11.1 Å². The van der Waals surface area contributed by atoms with Gasteiger partial charge in [-0.25, -0.2) is 4.98 Å². The van der Waals surface area contributed by atoms with Gasteiger partial charge < -0.3 is 14.1 Å². The number of nitrogens with zero attached hydrogens (tertiary/aromatic N) is 1. The van der Waals surface area contributed by atoms with Crippen LogP contribution in [-0.2, 0) is 10.1 Å². The maximum absolute atomic E-state index is 11.8. The van der Waals surface area contributed by atoms with Crippen molar-refractivity contribution in [3.8, 4) is 5.19 Å². The SMILES string of the molecule is O=C([O-])c1cnc(OS(=O)(=O)C(F)(F)F)s1. The van der Waals surface area contributed by atoms with Gasteiger partial charge >= 0.3 is 15.6 Å². The molecular formula is C5HF3NO5S2-. The van der Waals surface area contributed by atoms with E-state index < -0.39 is 31.7 Å². The number of aromatic carboxylic acids is 1. The predicted octanol–water partition coefficient (Wildman–Crippen LogP) is -0.265. The van der Waals surface area contributed by atoms with Gasteiger partial charge in [0.05, 0.1) is 17.0 Å². The van der Waals surface area contributed by atoms with Crippen molar-refractivity contribution in [2.75, 3.05) is 0 Å². The lowest BCUT2D eigenvalue weighted by atomic mass is 10.6. The Labute approximate surface area is 90.4 Å². The molecule has 1 rings (SSSR count). The minimum atomic E-state index is -5.83. The van der Waals surface area contributed by atoms with Gasteiger partial charge in [0, 0.05) is 0 Å². The minimum Gasteiger partial charge on any atom is -0.544 e. The Kier molecular flexibility index (Phi) is 3.10. The standard InChI is InChI=1S/C5H2F3NO5S2/c6-5(7,8)16(12,13)14-4-9-1-2(15-4)3(10)11/h1H,(H,10,11)/p-1. The highest BCUT2D eigenvalue weighted by Gasteiger charge is 2.49. The van der Waals surface area contributed by atoms with Crippen molar-refractivity contribution in [2.24, 2.45) is 0 Å². The first-order chi connectivity index (χ1) is 7.13. The Morgan fingerprint density at radius 1 is 1.50 bits per heavy atom. The van der Waals surface area contributed by atoms with E-state index in [0.29, 0.717) is 6.20 Å². The first-order valence-electron chi connectivity index (χ1n) is 3.31. The zero-order valence-electron chi connectivity index (χ0n) is 7.02. The van der Waals surface area contributed by atoms with Crippen molar-refractivity contribution in [1.82, 2.24) is 4.98 Å². The van der Waals surface area contributed by atoms with Gasteiger partial charge in [-0.3, -0.25) is 0 Å². The van der Waals surface area contributed by atoms with Gasteiger partial charge in [0.1, 0.15) is 0 Å². The normalized spacial score (nSPS) is 12.4. The van der Waals surface area contributed by atoms with Crippen LogP contribution in [0.3, 0.4) is 0 Å². The summed E-state index contributed by atoms with van der Waals surface area (Å²) in [7, 11) is -5.83. The smallest absolute Gasteiger partial charge is 0.534 e. The van der Waals surface area contributed by atoms with Crippen LogP contribution in [0, 0.1) is 0 Å². The molecule has 0 aliphatic carbocycles. The molecule has 0 fully saturated rings. The predicted molar refractivity (Wildman–Crippen MR) is 42.0 cm³/mol. The van der Waals surface area contributed by atoms with Crippen molar-refractivity contribution in [2.45, 2.75) is 5.51 Å². The molecule has 0 radical (unpaired) electrons. The fraction of sp³-hybridized carbons (Fsp3) is 0.200. The van der Waals surface area contributed by atoms with E-state index in [2.05, 4.69) is 9.17 Å². The number of carbonyl (C=O) groups excluding carboxylic acids is 1. The molecule has 16 heavy (non-hydrogen) atoms. The fourth-order valence-electron chi connectivity index (χ4n) is 0.532. The van der Waals surface area contributed by atoms with Gasteiger partial charge in [0.25, 0.3) is 5.19 Å². The molecule has 0 N–H and O–H groups in total. The topological polar surface area (TPSA) is 96.4 Å². The number of rotatable bonds is 3. The minimum absolute atomic E-state index is 0.109. The van der Waals surface area contributed by atoms with Crippen molar-refractivity contribution in [3.63, 3.8) is 0 Å². The number of thiazole rings is 1. The van der Waals surface area contributed by atoms with Crippen LogP contribution >= 0.6 is 11.3 Å². The average Bonchev–Trinajstić information content (AvgIpc) is 2.49. The zero-order chi connectivity index (χ0) is 12.6. The number of halogens is 3. The Hall–Kier alpha value is -1.36. The van der Waals surface area contributed by atoms with Crippen LogP contribution in [0.5, 0.6) is 5.19 Å². The lowest BCUT2D eigenvalue weighted by Crippen LogP contribution is -2.27. The summed E-state index contributed by atoms with van der Waals surface area (Å²) in [6, 6.07) is 0. The average molecular weight is 276 g/mol. The number of hydrogen-bond donors (Lipinski definition) is 0. The van der Waals surface area contributed by atoms with E-state index in [1.807, 2.05) is 0 Å². The second kappa shape index (κ2) is 3.90. The highest BCUT2D eigenvalue weighted by molar-refractivity contribution is 7.88. The Bertz CT molecular complexity index is 504. The van der Waals surface area contributed by atoms with E-state index in [9.17, 15) is 31.5 Å². The summed E-state index contributed by atoms with van der Waals surface area (Å²) in [5.74, 6) is -1.70. The summed E-state index contributed by atoms with van der Waals surface area (Å²) in [5, 5.41) is 9.26. The molecule has 90 valence electrons. The van der Waals surface area contributed by atoms with E-state index in [1.54, 1.807) is 0 Å². The van der Waals surface area contributed by atoms with E-state index >= 15 is 0 Å². The van der Waals surface area contributed by atoms with Gasteiger partial charge in [0.2, 0.25) is 0 Å². The van der Waals surface area contributed by atoms with Gasteiger partial charge in [-0.2, -0.15) is 21.6 Å². The molecule has 0 aliphatic rings. The number of carbonyl (C=O) groups is 1. The second-order valence-corrected chi connectivity index (χ2v) is 4.79. The first-order valence-corrected chi connectivity index (χ1v) is 5.54. The number of alkyl halides is 3. The largest absolute Gasteiger partial charge is 0.544 e. The molecule has 6 nitrogen and oxygen atoms in total. The van der Waals surface area contributed by atoms with Gasteiger partial charge in [-0.05, 0) is 0 Å². The molecule has 0 unspecified atom stereocenters. The van der Waals surface area contributed by atoms with E-state index in [-0.39, 0.29) is 11.3 Å². The molecule has 11 heteroatoms. The number of aromatic nitrogens is 1. The van der Waals surface area contributed by atoms with Crippen LogP contribution in [0.25, 0.3) is 0 Å². The molecule has 1 aromatic heterocycles. The zero-order valence-corrected chi connectivity index (χ0v) is 8.65. The molecule has 0 amide bonds. The third-order valence-electron chi connectivity index (χ3n) is 1.15. The summed E-state index contributed by atoms with van der Waals surface area (Å²) < 4.78 is 59.9. The summed E-state index contributed by atoms with van der Waals surface area (Å²) in [5.41, 5.74) is -5.60. The summed E-state index contributed by atoms with van der Waals surface area (Å²) in [4.78, 5) is 12.7. The molecule has 0 saturated carbocycles. The molecule has 0 saturated heterocycles. The van der Waals surface area contributed by atoms with E-state index in [4.69, 9.17) is 0 Å². The van der Waals surface area contributed by atoms with E-state index in [0.717, 1.165) is 0 Å².